The molecule has 1 rings (SSSR count). The molecule has 0 heterocycles. The van der Waals surface area contributed by atoms with E-state index in [0.717, 1.165) is 12.1 Å². The third-order valence-corrected chi connectivity index (χ3v) is 1.94. The maximum Gasteiger partial charge on any atom is 0.416 e. The molecule has 0 fully saturated rings. The number of carbonyl (C=O) groups excluding carboxylic acids is 1. The molecule has 17 heavy (non-hydrogen) atoms. The number of hydrogen-bond donors (Lipinski definition) is 0. The molecule has 1 aromatic rings. The lowest BCUT2D eigenvalue weighted by Gasteiger charge is -2.07. The zero-order valence-electron chi connectivity index (χ0n) is 9.21. The molecule has 0 unspecified atom stereocenters. The molecule has 0 spiro atoms. The topological polar surface area (TPSA) is 38.7 Å². The molecule has 0 aliphatic heterocycles. The Kier molecular flexibility index (Phi) is 3.88. The molecule has 0 aliphatic carbocycles. The van der Waals surface area contributed by atoms with Gasteiger partial charge in [-0.3, -0.25) is 0 Å². The summed E-state index contributed by atoms with van der Waals surface area (Å²) in [7, 11) is 0. The predicted octanol–water partition coefficient (Wildman–Crippen LogP) is 2.99. The van der Waals surface area contributed by atoms with E-state index in [4.69, 9.17) is 0 Å². The van der Waals surface area contributed by atoms with Gasteiger partial charge in [0, 0.05) is 6.92 Å². The third kappa shape index (κ3) is 3.90. The lowest BCUT2D eigenvalue weighted by Crippen LogP contribution is -2.05. The second-order valence-corrected chi connectivity index (χ2v) is 3.33. The molecular weight excluding hydrogens is 235 g/mol. The zero-order valence-corrected chi connectivity index (χ0v) is 9.21. The Balaban J connectivity index is 2.88. The lowest BCUT2D eigenvalue weighted by molar-refractivity contribution is -0.141. The Bertz CT molecular complexity index is 435. The van der Waals surface area contributed by atoms with Crippen molar-refractivity contribution < 1.29 is 22.8 Å². The normalized spacial score (nSPS) is 12.4. The van der Waals surface area contributed by atoms with E-state index in [-0.39, 0.29) is 0 Å². The van der Waals surface area contributed by atoms with Gasteiger partial charge in [0.05, 0.1) is 11.3 Å². The molecule has 0 bridgehead atoms. The molecule has 0 radical (unpaired) electrons. The molecule has 0 aromatic heterocycles. The summed E-state index contributed by atoms with van der Waals surface area (Å²) in [5.74, 6) is -0.587. The van der Waals surface area contributed by atoms with Crippen molar-refractivity contribution in [1.82, 2.24) is 0 Å². The fourth-order valence-electron chi connectivity index (χ4n) is 1.09. The van der Waals surface area contributed by atoms with Crippen molar-refractivity contribution >= 4 is 11.7 Å². The molecule has 0 amide bonds. The Labute approximate surface area is 95.9 Å². The molecule has 0 atom stereocenters. The maximum absolute atomic E-state index is 12.3. The lowest BCUT2D eigenvalue weighted by atomic mass is 10.1. The van der Waals surface area contributed by atoms with Crippen molar-refractivity contribution in [3.63, 3.8) is 0 Å². The number of carbonyl (C=O) groups is 1. The Hall–Kier alpha value is -1.85. The molecule has 3 nitrogen and oxygen atoms in total. The van der Waals surface area contributed by atoms with Gasteiger partial charge in [-0.15, -0.1) is 0 Å². The van der Waals surface area contributed by atoms with Gasteiger partial charge in [-0.05, 0) is 24.6 Å². The maximum atomic E-state index is 12.3. The first-order chi connectivity index (χ1) is 7.80. The highest BCUT2D eigenvalue weighted by Gasteiger charge is 2.29. The van der Waals surface area contributed by atoms with E-state index in [1.165, 1.54) is 26.0 Å². The van der Waals surface area contributed by atoms with Gasteiger partial charge in [-0.2, -0.15) is 13.2 Å². The standard InChI is InChI=1S/C11H10F3NO2/c1-7(15-17-8(2)16)9-3-5-10(6-4-9)11(12,13)14/h3-6H,1-2H3/b15-7+. The SMILES string of the molecule is CC(=O)O/N=C(\C)c1ccc(C(F)(F)F)cc1. The number of oxime groups is 1. The summed E-state index contributed by atoms with van der Waals surface area (Å²) < 4.78 is 36.8. The van der Waals surface area contributed by atoms with Crippen LogP contribution in [0, 0.1) is 0 Å². The van der Waals surface area contributed by atoms with Crippen LogP contribution in [0.3, 0.4) is 0 Å². The van der Waals surface area contributed by atoms with Gasteiger partial charge in [0.2, 0.25) is 0 Å². The summed E-state index contributed by atoms with van der Waals surface area (Å²) in [6.07, 6.45) is -4.36. The van der Waals surface area contributed by atoms with Gasteiger partial charge in [-0.25, -0.2) is 4.79 Å². The average Bonchev–Trinajstić information content (AvgIpc) is 2.25. The van der Waals surface area contributed by atoms with Gasteiger partial charge in [0.15, 0.2) is 0 Å². The van der Waals surface area contributed by atoms with E-state index in [0.29, 0.717) is 11.3 Å². The van der Waals surface area contributed by atoms with E-state index in [2.05, 4.69) is 9.99 Å². The quantitative estimate of drug-likeness (QED) is 0.456. The number of nitrogens with zero attached hydrogens (tertiary/aromatic N) is 1. The van der Waals surface area contributed by atoms with Crippen LogP contribution in [0.5, 0.6) is 0 Å². The third-order valence-electron chi connectivity index (χ3n) is 1.94. The van der Waals surface area contributed by atoms with Crippen molar-refractivity contribution in [2.75, 3.05) is 0 Å². The largest absolute Gasteiger partial charge is 0.416 e. The summed E-state index contributed by atoms with van der Waals surface area (Å²) in [4.78, 5) is 14.9. The molecule has 1 aromatic carbocycles. The van der Waals surface area contributed by atoms with E-state index in [1.54, 1.807) is 0 Å². The molecule has 0 saturated carbocycles. The van der Waals surface area contributed by atoms with Crippen LogP contribution in [0.4, 0.5) is 13.2 Å². The summed E-state index contributed by atoms with van der Waals surface area (Å²) in [5.41, 5.74) is 0.0507. The van der Waals surface area contributed by atoms with E-state index < -0.39 is 17.7 Å². The van der Waals surface area contributed by atoms with Crippen molar-refractivity contribution in [1.29, 1.82) is 0 Å². The minimum atomic E-state index is -4.36. The monoisotopic (exact) mass is 245 g/mol. The van der Waals surface area contributed by atoms with E-state index in [1.807, 2.05) is 0 Å². The van der Waals surface area contributed by atoms with E-state index >= 15 is 0 Å². The van der Waals surface area contributed by atoms with Crippen molar-refractivity contribution in [3.05, 3.63) is 35.4 Å². The summed E-state index contributed by atoms with van der Waals surface area (Å²) in [5, 5.41) is 3.47. The van der Waals surface area contributed by atoms with Crippen LogP contribution >= 0.6 is 0 Å². The van der Waals surface area contributed by atoms with Crippen LogP contribution < -0.4 is 0 Å². The summed E-state index contributed by atoms with van der Waals surface area (Å²) in [6.45, 7) is 2.72. The van der Waals surface area contributed by atoms with Crippen LogP contribution in [0.1, 0.15) is 25.0 Å². The minimum absolute atomic E-state index is 0.328. The molecular formula is C11H10F3NO2. The summed E-state index contributed by atoms with van der Waals surface area (Å²) >= 11 is 0. The zero-order chi connectivity index (χ0) is 13.1. The van der Waals surface area contributed by atoms with Crippen molar-refractivity contribution in [3.8, 4) is 0 Å². The van der Waals surface area contributed by atoms with Crippen molar-refractivity contribution in [2.24, 2.45) is 5.16 Å². The molecule has 92 valence electrons. The fourth-order valence-corrected chi connectivity index (χ4v) is 1.09. The van der Waals surface area contributed by atoms with Gasteiger partial charge in [0.25, 0.3) is 0 Å². The Morgan fingerprint density at radius 1 is 1.18 bits per heavy atom. The second-order valence-electron chi connectivity index (χ2n) is 3.33. The minimum Gasteiger partial charge on any atom is -0.318 e. The first-order valence-corrected chi connectivity index (χ1v) is 4.70. The van der Waals surface area contributed by atoms with Crippen molar-refractivity contribution in [2.45, 2.75) is 20.0 Å². The second kappa shape index (κ2) is 4.99. The fraction of sp³-hybridized carbons (Fsp3) is 0.273. The number of hydrogen-bond acceptors (Lipinski definition) is 3. The Morgan fingerprint density at radius 2 is 1.71 bits per heavy atom. The smallest absolute Gasteiger partial charge is 0.318 e. The highest BCUT2D eigenvalue weighted by Crippen LogP contribution is 2.29. The molecule has 0 N–H and O–H groups in total. The van der Waals surface area contributed by atoms with Crippen LogP contribution in [0.25, 0.3) is 0 Å². The van der Waals surface area contributed by atoms with Gasteiger partial charge >= 0.3 is 12.1 Å². The van der Waals surface area contributed by atoms with Gasteiger partial charge in [-0.1, -0.05) is 17.3 Å². The van der Waals surface area contributed by atoms with E-state index in [9.17, 15) is 18.0 Å². The summed E-state index contributed by atoms with van der Waals surface area (Å²) in [6, 6.07) is 4.43. The number of halogens is 3. The molecule has 0 saturated heterocycles. The number of rotatable bonds is 2. The van der Waals surface area contributed by atoms with Gasteiger partial charge < -0.3 is 4.84 Å². The van der Waals surface area contributed by atoms with Crippen LogP contribution in [-0.2, 0) is 15.8 Å². The molecule has 6 heteroatoms. The number of alkyl halides is 3. The molecule has 0 aliphatic rings. The van der Waals surface area contributed by atoms with Crippen LogP contribution in [0.15, 0.2) is 29.4 Å². The Morgan fingerprint density at radius 3 is 2.12 bits per heavy atom. The van der Waals surface area contributed by atoms with Crippen LogP contribution in [0.2, 0.25) is 0 Å². The van der Waals surface area contributed by atoms with Crippen LogP contribution in [-0.4, -0.2) is 11.7 Å². The highest BCUT2D eigenvalue weighted by molar-refractivity contribution is 5.98. The first-order valence-electron chi connectivity index (χ1n) is 4.70. The first kappa shape index (κ1) is 13.2. The predicted molar refractivity (Wildman–Crippen MR) is 55.4 cm³/mol. The highest BCUT2D eigenvalue weighted by atomic mass is 19.4. The average molecular weight is 245 g/mol. The number of benzene rings is 1. The van der Waals surface area contributed by atoms with Gasteiger partial charge in [0.1, 0.15) is 0 Å².